The van der Waals surface area contributed by atoms with Gasteiger partial charge in [-0.15, -0.1) is 0 Å². The van der Waals surface area contributed by atoms with Crippen molar-refractivity contribution in [3.05, 3.63) is 12.2 Å². The minimum atomic E-state index is 1.16. The molecule has 0 saturated carbocycles. The van der Waals surface area contributed by atoms with Crippen LogP contribution in [0.5, 0.6) is 0 Å². The Morgan fingerprint density at radius 3 is 2.40 bits per heavy atom. The van der Waals surface area contributed by atoms with Gasteiger partial charge in [0.2, 0.25) is 0 Å². The lowest BCUT2D eigenvalue weighted by Crippen LogP contribution is -1.77. The van der Waals surface area contributed by atoms with E-state index in [9.17, 15) is 0 Å². The molecule has 0 aromatic rings. The molecule has 0 saturated heterocycles. The van der Waals surface area contributed by atoms with Crippen molar-refractivity contribution in [2.24, 2.45) is 0 Å². The van der Waals surface area contributed by atoms with Crippen LogP contribution in [0.1, 0.15) is 39.0 Å². The lowest BCUT2D eigenvalue weighted by atomic mass is 10.1. The highest BCUT2D eigenvalue weighted by molar-refractivity contribution is 9.09. The molecule has 0 nitrogen and oxygen atoms in total. The number of hydrogen-bond donors (Lipinski definition) is 0. The van der Waals surface area contributed by atoms with Crippen molar-refractivity contribution in [1.29, 1.82) is 0 Å². The van der Waals surface area contributed by atoms with Crippen molar-refractivity contribution < 1.29 is 0 Å². The van der Waals surface area contributed by atoms with Gasteiger partial charge in [0.25, 0.3) is 0 Å². The number of rotatable bonds is 6. The van der Waals surface area contributed by atoms with Crippen LogP contribution in [0.15, 0.2) is 12.2 Å². The molecular weight excluding hydrogens is 188 g/mol. The van der Waals surface area contributed by atoms with E-state index in [1.807, 2.05) is 0 Å². The van der Waals surface area contributed by atoms with Gasteiger partial charge < -0.3 is 0 Å². The lowest BCUT2D eigenvalue weighted by Gasteiger charge is -1.94. The van der Waals surface area contributed by atoms with Crippen LogP contribution in [0.25, 0.3) is 0 Å². The molecule has 0 radical (unpaired) electrons. The summed E-state index contributed by atoms with van der Waals surface area (Å²) in [5.74, 6) is 0. The Labute approximate surface area is 72.8 Å². The van der Waals surface area contributed by atoms with Crippen molar-refractivity contribution in [2.45, 2.75) is 39.0 Å². The smallest absolute Gasteiger partial charge is 0.00313 e. The number of hydrogen-bond acceptors (Lipinski definition) is 0. The summed E-state index contributed by atoms with van der Waals surface area (Å²) in [6.07, 6.45) is 11.1. The Morgan fingerprint density at radius 1 is 1.10 bits per heavy atom. The summed E-state index contributed by atoms with van der Waals surface area (Å²) in [5.41, 5.74) is 0. The van der Waals surface area contributed by atoms with E-state index in [0.717, 1.165) is 5.33 Å². The molecular formula is C9H17Br. The van der Waals surface area contributed by atoms with E-state index in [-0.39, 0.29) is 0 Å². The third-order valence-corrected chi connectivity index (χ3v) is 2.05. The highest BCUT2D eigenvalue weighted by atomic mass is 79.9. The predicted octanol–water partition coefficient (Wildman–Crippen LogP) is 3.91. The number of alkyl halides is 1. The fraction of sp³-hybridized carbons (Fsp3) is 0.778. The Morgan fingerprint density at radius 2 is 1.80 bits per heavy atom. The largest absolute Gasteiger partial charge is 0.0928 e. The van der Waals surface area contributed by atoms with Gasteiger partial charge in [-0.1, -0.05) is 40.9 Å². The maximum absolute atomic E-state index is 3.42. The highest BCUT2D eigenvalue weighted by Crippen LogP contribution is 2.04. The van der Waals surface area contributed by atoms with Gasteiger partial charge in [0.1, 0.15) is 0 Å². The second-order valence-corrected chi connectivity index (χ2v) is 3.25. The third kappa shape index (κ3) is 8.22. The van der Waals surface area contributed by atoms with Crippen molar-refractivity contribution in [2.75, 3.05) is 5.33 Å². The maximum Gasteiger partial charge on any atom is 0.00313 e. The highest BCUT2D eigenvalue weighted by Gasteiger charge is 1.85. The minimum Gasteiger partial charge on any atom is -0.0928 e. The van der Waals surface area contributed by atoms with Crippen LogP contribution in [-0.4, -0.2) is 5.33 Å². The average Bonchev–Trinajstić information content (AvgIpc) is 1.97. The molecule has 0 aliphatic rings. The van der Waals surface area contributed by atoms with Gasteiger partial charge in [-0.05, 0) is 26.2 Å². The minimum absolute atomic E-state index is 1.16. The van der Waals surface area contributed by atoms with E-state index in [2.05, 4.69) is 35.0 Å². The van der Waals surface area contributed by atoms with Gasteiger partial charge >= 0.3 is 0 Å². The van der Waals surface area contributed by atoms with Crippen molar-refractivity contribution >= 4 is 15.9 Å². The fourth-order valence-corrected chi connectivity index (χ4v) is 1.27. The van der Waals surface area contributed by atoms with E-state index in [1.54, 1.807) is 0 Å². The molecule has 0 aromatic heterocycles. The molecule has 0 bridgehead atoms. The molecule has 0 rings (SSSR count). The zero-order chi connectivity index (χ0) is 7.66. The second kappa shape index (κ2) is 9.22. The third-order valence-electron chi connectivity index (χ3n) is 1.49. The monoisotopic (exact) mass is 204 g/mol. The molecule has 0 N–H and O–H groups in total. The molecule has 0 unspecified atom stereocenters. The van der Waals surface area contributed by atoms with E-state index in [0.29, 0.717) is 0 Å². The summed E-state index contributed by atoms with van der Waals surface area (Å²) < 4.78 is 0. The van der Waals surface area contributed by atoms with E-state index < -0.39 is 0 Å². The van der Waals surface area contributed by atoms with Gasteiger partial charge in [-0.2, -0.15) is 0 Å². The molecule has 0 spiro atoms. The molecule has 1 heteroatoms. The van der Waals surface area contributed by atoms with E-state index in [1.165, 1.54) is 32.1 Å². The fourth-order valence-electron chi connectivity index (χ4n) is 0.877. The van der Waals surface area contributed by atoms with Gasteiger partial charge in [0.05, 0.1) is 0 Å². The summed E-state index contributed by atoms with van der Waals surface area (Å²) in [6.45, 7) is 2.08. The van der Waals surface area contributed by atoms with Gasteiger partial charge in [-0.25, -0.2) is 0 Å². The number of halogens is 1. The molecule has 60 valence electrons. The second-order valence-electron chi connectivity index (χ2n) is 2.46. The lowest BCUT2D eigenvalue weighted by molar-refractivity contribution is 0.679. The zero-order valence-electron chi connectivity index (χ0n) is 6.78. The summed E-state index contributed by atoms with van der Waals surface area (Å²) in [5, 5.41) is 1.16. The normalized spacial score (nSPS) is 11.0. The molecule has 0 fully saturated rings. The van der Waals surface area contributed by atoms with Crippen molar-refractivity contribution in [1.82, 2.24) is 0 Å². The van der Waals surface area contributed by atoms with Crippen LogP contribution in [0.2, 0.25) is 0 Å². The molecule has 0 atom stereocenters. The molecule has 0 aliphatic carbocycles. The Balaban J connectivity index is 2.77. The Bertz CT molecular complexity index is 76.8. The van der Waals surface area contributed by atoms with Crippen molar-refractivity contribution in [3.63, 3.8) is 0 Å². The topological polar surface area (TPSA) is 0 Å². The molecule has 0 heterocycles. The SMILES string of the molecule is CC=CCCCCCCBr. The predicted molar refractivity (Wildman–Crippen MR) is 51.7 cm³/mol. The standard InChI is InChI=1S/C9H17Br/c1-2-3-4-5-6-7-8-9-10/h2-3H,4-9H2,1H3. The van der Waals surface area contributed by atoms with Crippen LogP contribution < -0.4 is 0 Å². The first-order valence-electron chi connectivity index (χ1n) is 4.09. The maximum atomic E-state index is 3.42. The van der Waals surface area contributed by atoms with Crippen LogP contribution in [0, 0.1) is 0 Å². The quantitative estimate of drug-likeness (QED) is 0.350. The first kappa shape index (κ1) is 10.2. The summed E-state index contributed by atoms with van der Waals surface area (Å²) in [4.78, 5) is 0. The van der Waals surface area contributed by atoms with Crippen LogP contribution in [-0.2, 0) is 0 Å². The van der Waals surface area contributed by atoms with Gasteiger partial charge in [0, 0.05) is 5.33 Å². The van der Waals surface area contributed by atoms with Crippen LogP contribution >= 0.6 is 15.9 Å². The first-order valence-corrected chi connectivity index (χ1v) is 5.21. The van der Waals surface area contributed by atoms with Gasteiger partial charge in [0.15, 0.2) is 0 Å². The molecule has 0 amide bonds. The van der Waals surface area contributed by atoms with Gasteiger partial charge in [-0.3, -0.25) is 0 Å². The van der Waals surface area contributed by atoms with Crippen molar-refractivity contribution in [3.8, 4) is 0 Å². The Kier molecular flexibility index (Phi) is 9.42. The average molecular weight is 205 g/mol. The Hall–Kier alpha value is 0.220. The number of unbranched alkanes of at least 4 members (excludes halogenated alkanes) is 4. The summed E-state index contributed by atoms with van der Waals surface area (Å²) in [7, 11) is 0. The summed E-state index contributed by atoms with van der Waals surface area (Å²) >= 11 is 3.42. The first-order chi connectivity index (χ1) is 4.91. The zero-order valence-corrected chi connectivity index (χ0v) is 8.36. The van der Waals surface area contributed by atoms with E-state index >= 15 is 0 Å². The molecule has 0 aliphatic heterocycles. The van der Waals surface area contributed by atoms with E-state index in [4.69, 9.17) is 0 Å². The molecule has 10 heavy (non-hydrogen) atoms. The molecule has 0 aromatic carbocycles. The van der Waals surface area contributed by atoms with Crippen LogP contribution in [0.4, 0.5) is 0 Å². The summed E-state index contributed by atoms with van der Waals surface area (Å²) in [6, 6.07) is 0. The number of allylic oxidation sites excluding steroid dienone is 2. The van der Waals surface area contributed by atoms with Crippen LogP contribution in [0.3, 0.4) is 0 Å².